The topological polar surface area (TPSA) is 49.7 Å². The molecular formula is C17H26O3. The van der Waals surface area contributed by atoms with E-state index < -0.39 is 5.41 Å². The van der Waals surface area contributed by atoms with Gasteiger partial charge in [0.1, 0.15) is 0 Å². The Labute approximate surface area is 121 Å². The molecule has 1 heterocycles. The molecule has 1 aromatic carbocycles. The van der Waals surface area contributed by atoms with Gasteiger partial charge in [0, 0.05) is 12.0 Å². The summed E-state index contributed by atoms with van der Waals surface area (Å²) in [4.78, 5) is 0. The van der Waals surface area contributed by atoms with Gasteiger partial charge in [0.25, 0.3) is 0 Å². The smallest absolute Gasteiger partial charge is 0.0576 e. The molecule has 2 N–H and O–H groups in total. The van der Waals surface area contributed by atoms with Crippen molar-refractivity contribution >= 4 is 0 Å². The van der Waals surface area contributed by atoms with Gasteiger partial charge in [0.15, 0.2) is 0 Å². The standard InChI is InChI=1S/C17H26O3/c1-14-6-8-15(9-7-14)17(12-18,13-19)10-2-4-16-5-3-11-20-16/h6-9,16,18-19H,2-5,10-13H2,1H3. The van der Waals surface area contributed by atoms with Crippen LogP contribution < -0.4 is 0 Å². The number of rotatable bonds is 7. The SMILES string of the molecule is Cc1ccc(C(CO)(CO)CCCC2CCCO2)cc1. The average Bonchev–Trinajstić information content (AvgIpc) is 2.98. The lowest BCUT2D eigenvalue weighted by molar-refractivity contribution is 0.0841. The van der Waals surface area contributed by atoms with E-state index in [9.17, 15) is 10.2 Å². The van der Waals surface area contributed by atoms with Crippen molar-refractivity contribution in [3.8, 4) is 0 Å². The second-order valence-corrected chi connectivity index (χ2v) is 5.99. The fraction of sp³-hybridized carbons (Fsp3) is 0.647. The first kappa shape index (κ1) is 15.5. The zero-order valence-corrected chi connectivity index (χ0v) is 12.3. The van der Waals surface area contributed by atoms with Gasteiger partial charge < -0.3 is 14.9 Å². The zero-order valence-electron chi connectivity index (χ0n) is 12.3. The van der Waals surface area contributed by atoms with Crippen LogP contribution in [0.5, 0.6) is 0 Å². The Morgan fingerprint density at radius 1 is 1.20 bits per heavy atom. The molecule has 0 aromatic heterocycles. The van der Waals surface area contributed by atoms with Gasteiger partial charge in [0.05, 0.1) is 19.3 Å². The predicted molar refractivity (Wildman–Crippen MR) is 79.9 cm³/mol. The van der Waals surface area contributed by atoms with Gasteiger partial charge in [-0.05, 0) is 44.6 Å². The lowest BCUT2D eigenvalue weighted by atomic mass is 9.77. The van der Waals surface area contributed by atoms with E-state index in [1.54, 1.807) is 0 Å². The van der Waals surface area contributed by atoms with Crippen LogP contribution in [0, 0.1) is 6.92 Å². The highest BCUT2D eigenvalue weighted by Gasteiger charge is 2.31. The van der Waals surface area contributed by atoms with Gasteiger partial charge in [-0.15, -0.1) is 0 Å². The molecule has 0 spiro atoms. The Kier molecular flexibility index (Phi) is 5.58. The lowest BCUT2D eigenvalue weighted by Gasteiger charge is -2.31. The number of aliphatic hydroxyl groups is 2. The minimum absolute atomic E-state index is 0.0158. The molecule has 0 amide bonds. The average molecular weight is 278 g/mol. The van der Waals surface area contributed by atoms with Gasteiger partial charge in [-0.25, -0.2) is 0 Å². The molecule has 1 fully saturated rings. The largest absolute Gasteiger partial charge is 0.395 e. The highest BCUT2D eigenvalue weighted by atomic mass is 16.5. The summed E-state index contributed by atoms with van der Waals surface area (Å²) in [5, 5.41) is 19.6. The molecule has 0 aliphatic carbocycles. The number of benzene rings is 1. The first-order valence-electron chi connectivity index (χ1n) is 7.61. The van der Waals surface area contributed by atoms with Crippen LogP contribution in [0.25, 0.3) is 0 Å². The van der Waals surface area contributed by atoms with E-state index in [1.807, 2.05) is 31.2 Å². The lowest BCUT2D eigenvalue weighted by Crippen LogP contribution is -2.35. The van der Waals surface area contributed by atoms with Gasteiger partial charge in [-0.3, -0.25) is 0 Å². The van der Waals surface area contributed by atoms with Crippen LogP contribution in [0.1, 0.15) is 43.2 Å². The van der Waals surface area contributed by atoms with Crippen molar-refractivity contribution in [2.75, 3.05) is 19.8 Å². The first-order chi connectivity index (χ1) is 9.70. The van der Waals surface area contributed by atoms with E-state index in [-0.39, 0.29) is 13.2 Å². The van der Waals surface area contributed by atoms with E-state index in [0.29, 0.717) is 6.10 Å². The molecule has 112 valence electrons. The molecule has 1 aliphatic heterocycles. The molecule has 1 aromatic rings. The van der Waals surface area contributed by atoms with Gasteiger partial charge >= 0.3 is 0 Å². The summed E-state index contributed by atoms with van der Waals surface area (Å²) in [5.41, 5.74) is 1.70. The Bertz CT molecular complexity index is 389. The highest BCUT2D eigenvalue weighted by Crippen LogP contribution is 2.31. The third-order valence-electron chi connectivity index (χ3n) is 4.47. The van der Waals surface area contributed by atoms with Crippen molar-refractivity contribution in [3.63, 3.8) is 0 Å². The van der Waals surface area contributed by atoms with E-state index in [4.69, 9.17) is 4.74 Å². The van der Waals surface area contributed by atoms with Crippen molar-refractivity contribution in [2.24, 2.45) is 0 Å². The van der Waals surface area contributed by atoms with Crippen LogP contribution in [0.3, 0.4) is 0 Å². The molecule has 3 heteroatoms. The Morgan fingerprint density at radius 3 is 2.45 bits per heavy atom. The molecular weight excluding hydrogens is 252 g/mol. The van der Waals surface area contributed by atoms with Crippen molar-refractivity contribution in [1.29, 1.82) is 0 Å². The van der Waals surface area contributed by atoms with Gasteiger partial charge in [-0.1, -0.05) is 29.8 Å². The van der Waals surface area contributed by atoms with Crippen LogP contribution in [0.4, 0.5) is 0 Å². The fourth-order valence-corrected chi connectivity index (χ4v) is 2.98. The Hall–Kier alpha value is -0.900. The number of aryl methyl sites for hydroxylation is 1. The molecule has 0 saturated carbocycles. The normalized spacial score (nSPS) is 19.4. The summed E-state index contributed by atoms with van der Waals surface area (Å²) in [6.07, 6.45) is 5.47. The maximum atomic E-state index is 9.80. The molecule has 3 nitrogen and oxygen atoms in total. The number of aliphatic hydroxyl groups excluding tert-OH is 2. The van der Waals surface area contributed by atoms with E-state index in [2.05, 4.69) is 0 Å². The molecule has 1 unspecified atom stereocenters. The highest BCUT2D eigenvalue weighted by molar-refractivity contribution is 5.29. The van der Waals surface area contributed by atoms with Crippen LogP contribution >= 0.6 is 0 Å². The molecule has 0 bridgehead atoms. The summed E-state index contributed by atoms with van der Waals surface area (Å²) >= 11 is 0. The summed E-state index contributed by atoms with van der Waals surface area (Å²) in [7, 11) is 0. The summed E-state index contributed by atoms with van der Waals surface area (Å²) in [5.74, 6) is 0. The maximum Gasteiger partial charge on any atom is 0.0576 e. The van der Waals surface area contributed by atoms with E-state index in [0.717, 1.165) is 44.3 Å². The Morgan fingerprint density at radius 2 is 1.90 bits per heavy atom. The van der Waals surface area contributed by atoms with Gasteiger partial charge in [0.2, 0.25) is 0 Å². The predicted octanol–water partition coefficient (Wildman–Crippen LogP) is 2.57. The zero-order chi connectivity index (χ0) is 14.4. The first-order valence-corrected chi connectivity index (χ1v) is 7.61. The third kappa shape index (κ3) is 3.60. The van der Waals surface area contributed by atoms with Crippen molar-refractivity contribution < 1.29 is 14.9 Å². The molecule has 2 rings (SSSR count). The van der Waals surface area contributed by atoms with Crippen LogP contribution in [0.2, 0.25) is 0 Å². The van der Waals surface area contributed by atoms with Crippen molar-refractivity contribution in [2.45, 2.75) is 50.5 Å². The minimum atomic E-state index is -0.522. The molecule has 20 heavy (non-hydrogen) atoms. The monoisotopic (exact) mass is 278 g/mol. The summed E-state index contributed by atoms with van der Waals surface area (Å²) in [6.45, 7) is 2.89. The van der Waals surface area contributed by atoms with E-state index >= 15 is 0 Å². The minimum Gasteiger partial charge on any atom is -0.395 e. The van der Waals surface area contributed by atoms with Crippen LogP contribution in [0.15, 0.2) is 24.3 Å². The van der Waals surface area contributed by atoms with Crippen LogP contribution in [-0.2, 0) is 10.2 Å². The number of hydrogen-bond donors (Lipinski definition) is 2. The molecule has 1 saturated heterocycles. The van der Waals surface area contributed by atoms with Crippen molar-refractivity contribution in [3.05, 3.63) is 35.4 Å². The third-order valence-corrected chi connectivity index (χ3v) is 4.47. The molecule has 1 atom stereocenters. The summed E-state index contributed by atoms with van der Waals surface area (Å²) in [6, 6.07) is 8.12. The second kappa shape index (κ2) is 7.21. The number of hydrogen-bond acceptors (Lipinski definition) is 3. The van der Waals surface area contributed by atoms with Gasteiger partial charge in [-0.2, -0.15) is 0 Å². The van der Waals surface area contributed by atoms with Crippen molar-refractivity contribution in [1.82, 2.24) is 0 Å². The Balaban J connectivity index is 1.98. The molecule has 1 aliphatic rings. The maximum absolute atomic E-state index is 9.80. The fourth-order valence-electron chi connectivity index (χ4n) is 2.98. The van der Waals surface area contributed by atoms with E-state index in [1.165, 1.54) is 5.56 Å². The van der Waals surface area contributed by atoms with Crippen LogP contribution in [-0.4, -0.2) is 36.1 Å². The second-order valence-electron chi connectivity index (χ2n) is 5.99. The molecule has 0 radical (unpaired) electrons. The quantitative estimate of drug-likeness (QED) is 0.806. The number of ether oxygens (including phenoxy) is 1. The summed E-state index contributed by atoms with van der Waals surface area (Å²) < 4.78 is 5.63.